The van der Waals surface area contributed by atoms with E-state index in [2.05, 4.69) is 21.2 Å². The van der Waals surface area contributed by atoms with Crippen LogP contribution < -0.4 is 5.32 Å². The van der Waals surface area contributed by atoms with E-state index in [0.717, 1.165) is 0 Å². The zero-order valence-electron chi connectivity index (χ0n) is 7.96. The summed E-state index contributed by atoms with van der Waals surface area (Å²) in [5, 5.41) is 2.59. The second-order valence-corrected chi connectivity index (χ2v) is 5.60. The fourth-order valence-electron chi connectivity index (χ4n) is 1.57. The van der Waals surface area contributed by atoms with Crippen LogP contribution in [0.4, 0.5) is 9.57 Å². The summed E-state index contributed by atoms with van der Waals surface area (Å²) in [6.07, 6.45) is 0.692. The number of carbonyl (C=O) groups excluding carboxylic acids is 1. The molecule has 0 radical (unpaired) electrons. The van der Waals surface area contributed by atoms with Gasteiger partial charge in [0.05, 0.1) is 0 Å². The Morgan fingerprint density at radius 2 is 2.00 bits per heavy atom. The molecule has 0 fully saturated rings. The van der Waals surface area contributed by atoms with Crippen molar-refractivity contribution in [1.29, 1.82) is 0 Å². The fourth-order valence-corrected chi connectivity index (χ4v) is 3.06. The SMILES string of the molecule is O=C1CCc2cc(S(=O)(=O)F)c(Br)cc2N1. The number of rotatable bonds is 1. The lowest BCUT2D eigenvalue weighted by Gasteiger charge is -2.17. The summed E-state index contributed by atoms with van der Waals surface area (Å²) in [5.41, 5.74) is 1.15. The molecule has 4 nitrogen and oxygen atoms in total. The van der Waals surface area contributed by atoms with Crippen LogP contribution in [-0.2, 0) is 21.4 Å². The fraction of sp³-hybridized carbons (Fsp3) is 0.222. The highest BCUT2D eigenvalue weighted by Gasteiger charge is 2.22. The van der Waals surface area contributed by atoms with Crippen LogP contribution in [0.3, 0.4) is 0 Å². The zero-order chi connectivity index (χ0) is 11.9. The van der Waals surface area contributed by atoms with Crippen molar-refractivity contribution in [3.05, 3.63) is 22.2 Å². The number of hydrogen-bond acceptors (Lipinski definition) is 3. The van der Waals surface area contributed by atoms with Crippen LogP contribution in [0, 0.1) is 0 Å². The maximum absolute atomic E-state index is 12.9. The van der Waals surface area contributed by atoms with Gasteiger partial charge in [-0.05, 0) is 40.0 Å². The molecule has 7 heteroatoms. The molecule has 2 rings (SSSR count). The Labute approximate surface area is 100 Å². The first kappa shape index (κ1) is 11.5. The molecule has 1 aliphatic rings. The number of aryl methyl sites for hydroxylation is 1. The van der Waals surface area contributed by atoms with Crippen LogP contribution >= 0.6 is 15.9 Å². The summed E-state index contributed by atoms with van der Waals surface area (Å²) in [6, 6.07) is 2.65. The highest BCUT2D eigenvalue weighted by Crippen LogP contribution is 2.32. The molecule has 0 bridgehead atoms. The third-order valence-electron chi connectivity index (χ3n) is 2.32. The van der Waals surface area contributed by atoms with E-state index in [1.807, 2.05) is 0 Å². The minimum absolute atomic E-state index is 0.107. The van der Waals surface area contributed by atoms with Gasteiger partial charge in [-0.2, -0.15) is 8.42 Å². The Morgan fingerprint density at radius 1 is 1.31 bits per heavy atom. The van der Waals surface area contributed by atoms with Gasteiger partial charge in [0.15, 0.2) is 0 Å². The van der Waals surface area contributed by atoms with Gasteiger partial charge in [-0.15, -0.1) is 3.89 Å². The van der Waals surface area contributed by atoms with Gasteiger partial charge in [0.1, 0.15) is 4.90 Å². The Kier molecular flexibility index (Phi) is 2.75. The second kappa shape index (κ2) is 3.81. The Morgan fingerprint density at radius 3 is 2.62 bits per heavy atom. The third-order valence-corrected chi connectivity index (χ3v) is 4.10. The average molecular weight is 308 g/mol. The van der Waals surface area contributed by atoms with Crippen molar-refractivity contribution in [3.63, 3.8) is 0 Å². The van der Waals surface area contributed by atoms with Crippen LogP contribution in [0.2, 0.25) is 0 Å². The van der Waals surface area contributed by atoms with Crippen LogP contribution in [0.15, 0.2) is 21.5 Å². The first-order valence-corrected chi connectivity index (χ1v) is 6.62. The van der Waals surface area contributed by atoms with Gasteiger partial charge in [-0.3, -0.25) is 4.79 Å². The summed E-state index contributed by atoms with van der Waals surface area (Å²) >= 11 is 2.96. The number of nitrogens with one attached hydrogen (secondary N) is 1. The number of halogens is 2. The van der Waals surface area contributed by atoms with E-state index < -0.39 is 15.1 Å². The summed E-state index contributed by atoms with van der Waals surface area (Å²) in [6.45, 7) is 0. The topological polar surface area (TPSA) is 63.2 Å². The molecule has 1 amide bonds. The van der Waals surface area contributed by atoms with E-state index in [-0.39, 0.29) is 16.8 Å². The Hall–Kier alpha value is -0.950. The monoisotopic (exact) mass is 307 g/mol. The van der Waals surface area contributed by atoms with E-state index in [4.69, 9.17) is 0 Å². The molecule has 1 aliphatic heterocycles. The molecule has 1 heterocycles. The molecular formula is C9H7BrFNO3S. The molecule has 1 aromatic carbocycles. The van der Waals surface area contributed by atoms with Crippen LogP contribution in [0.25, 0.3) is 0 Å². The molecule has 1 N–H and O–H groups in total. The first-order valence-electron chi connectivity index (χ1n) is 4.45. The highest BCUT2D eigenvalue weighted by atomic mass is 79.9. The largest absolute Gasteiger partial charge is 0.333 e. The van der Waals surface area contributed by atoms with Gasteiger partial charge in [-0.25, -0.2) is 0 Å². The lowest BCUT2D eigenvalue weighted by molar-refractivity contribution is -0.116. The summed E-state index contributed by atoms with van der Waals surface area (Å²) in [4.78, 5) is 10.7. The normalized spacial score (nSPS) is 15.5. The van der Waals surface area contributed by atoms with Crippen molar-refractivity contribution >= 4 is 37.7 Å². The van der Waals surface area contributed by atoms with Crippen LogP contribution in [0.5, 0.6) is 0 Å². The van der Waals surface area contributed by atoms with Gasteiger partial charge in [0.2, 0.25) is 5.91 Å². The van der Waals surface area contributed by atoms with Crippen LogP contribution in [0.1, 0.15) is 12.0 Å². The maximum Gasteiger partial charge on any atom is 0.333 e. The quantitative estimate of drug-likeness (QED) is 0.807. The number of amides is 1. The predicted octanol–water partition coefficient (Wildman–Crippen LogP) is 1.99. The van der Waals surface area contributed by atoms with Gasteiger partial charge >= 0.3 is 10.2 Å². The van der Waals surface area contributed by atoms with E-state index in [0.29, 0.717) is 17.7 Å². The standard InChI is InChI=1S/C9H7BrFNO3S/c10-6-4-7-5(1-2-9(13)12-7)3-8(6)16(11,14)15/h3-4H,1-2H2,(H,12,13). The summed E-state index contributed by atoms with van der Waals surface area (Å²) in [7, 11) is -4.74. The minimum Gasteiger partial charge on any atom is -0.326 e. The molecule has 16 heavy (non-hydrogen) atoms. The zero-order valence-corrected chi connectivity index (χ0v) is 10.4. The van der Waals surface area contributed by atoms with Gasteiger partial charge in [0, 0.05) is 16.6 Å². The molecule has 0 spiro atoms. The van der Waals surface area contributed by atoms with Gasteiger partial charge in [-0.1, -0.05) is 0 Å². The van der Waals surface area contributed by atoms with Crippen molar-refractivity contribution in [2.24, 2.45) is 0 Å². The van der Waals surface area contributed by atoms with Crippen molar-refractivity contribution in [2.45, 2.75) is 17.7 Å². The minimum atomic E-state index is -4.74. The second-order valence-electron chi connectivity index (χ2n) is 3.43. The van der Waals surface area contributed by atoms with Crippen molar-refractivity contribution in [2.75, 3.05) is 5.32 Å². The van der Waals surface area contributed by atoms with Crippen molar-refractivity contribution in [3.8, 4) is 0 Å². The summed E-state index contributed by atoms with van der Waals surface area (Å²) in [5.74, 6) is -0.129. The Bertz CT molecular complexity index is 570. The first-order chi connectivity index (χ1) is 7.38. The number of fused-ring (bicyclic) bond motifs is 1. The van der Waals surface area contributed by atoms with Crippen molar-refractivity contribution in [1.82, 2.24) is 0 Å². The number of benzene rings is 1. The van der Waals surface area contributed by atoms with Gasteiger partial charge < -0.3 is 5.32 Å². The predicted molar refractivity (Wildman–Crippen MR) is 59.4 cm³/mol. The van der Waals surface area contributed by atoms with E-state index >= 15 is 0 Å². The molecule has 0 atom stereocenters. The van der Waals surface area contributed by atoms with Crippen molar-refractivity contribution < 1.29 is 17.1 Å². The Balaban J connectivity index is 2.59. The lowest BCUT2D eigenvalue weighted by atomic mass is 10.0. The third kappa shape index (κ3) is 2.10. The molecule has 0 aliphatic carbocycles. The number of anilines is 1. The lowest BCUT2D eigenvalue weighted by Crippen LogP contribution is -2.19. The average Bonchev–Trinajstić information content (AvgIpc) is 2.14. The molecule has 86 valence electrons. The molecule has 0 aromatic heterocycles. The van der Waals surface area contributed by atoms with E-state index in [1.165, 1.54) is 12.1 Å². The highest BCUT2D eigenvalue weighted by molar-refractivity contribution is 9.10. The summed E-state index contributed by atoms with van der Waals surface area (Å²) < 4.78 is 34.6. The maximum atomic E-state index is 12.9. The van der Waals surface area contributed by atoms with E-state index in [9.17, 15) is 17.1 Å². The smallest absolute Gasteiger partial charge is 0.326 e. The molecule has 0 saturated heterocycles. The number of hydrogen-bond donors (Lipinski definition) is 1. The molecule has 0 saturated carbocycles. The number of carbonyl (C=O) groups is 1. The van der Waals surface area contributed by atoms with Gasteiger partial charge in [0.25, 0.3) is 0 Å². The van der Waals surface area contributed by atoms with E-state index in [1.54, 1.807) is 0 Å². The molecular weight excluding hydrogens is 301 g/mol. The molecule has 0 unspecified atom stereocenters. The van der Waals surface area contributed by atoms with Crippen LogP contribution in [-0.4, -0.2) is 14.3 Å². The molecule has 1 aromatic rings.